The first kappa shape index (κ1) is 16.9. The molecule has 1 fully saturated rings. The summed E-state index contributed by atoms with van der Waals surface area (Å²) >= 11 is 0. The normalized spacial score (nSPS) is 21.2. The number of nitrogens with zero attached hydrogens (tertiary/aromatic N) is 5. The molecular formula is C19H24N6O. The Bertz CT molecular complexity index is 903. The van der Waals surface area contributed by atoms with Crippen molar-refractivity contribution in [1.29, 1.82) is 0 Å². The van der Waals surface area contributed by atoms with Gasteiger partial charge in [-0.25, -0.2) is 9.97 Å². The third-order valence-electron chi connectivity index (χ3n) is 5.11. The van der Waals surface area contributed by atoms with Crippen LogP contribution in [0.3, 0.4) is 0 Å². The number of aromatic nitrogens is 4. The summed E-state index contributed by atoms with van der Waals surface area (Å²) in [6.45, 7) is 4.38. The number of hydrogen-bond donors (Lipinski definition) is 1. The summed E-state index contributed by atoms with van der Waals surface area (Å²) in [6.07, 6.45) is 3.46. The van der Waals surface area contributed by atoms with Crippen LogP contribution in [0.15, 0.2) is 36.8 Å². The van der Waals surface area contributed by atoms with Crippen LogP contribution in [-0.2, 0) is 11.8 Å². The molecule has 0 saturated carbocycles. The van der Waals surface area contributed by atoms with Gasteiger partial charge in [-0.2, -0.15) is 5.10 Å². The fourth-order valence-electron chi connectivity index (χ4n) is 3.74. The predicted molar refractivity (Wildman–Crippen MR) is 101 cm³/mol. The van der Waals surface area contributed by atoms with Crippen LogP contribution in [0, 0.1) is 6.92 Å². The molecule has 1 N–H and O–H groups in total. The molecule has 1 aromatic carbocycles. The number of rotatable bonds is 4. The van der Waals surface area contributed by atoms with Crippen molar-refractivity contribution in [3.05, 3.63) is 48.0 Å². The molecule has 136 valence electrons. The highest BCUT2D eigenvalue weighted by Crippen LogP contribution is 2.29. The number of anilines is 1. The topological polar surface area (TPSA) is 68.1 Å². The maximum Gasteiger partial charge on any atom is 0.137 e. The second-order valence-electron chi connectivity index (χ2n) is 6.79. The van der Waals surface area contributed by atoms with Crippen LogP contribution in [0.4, 0.5) is 5.82 Å². The molecule has 26 heavy (non-hydrogen) atoms. The smallest absolute Gasteiger partial charge is 0.137 e. The van der Waals surface area contributed by atoms with Gasteiger partial charge in [-0.15, -0.1) is 0 Å². The fourth-order valence-corrected chi connectivity index (χ4v) is 3.74. The SMILES string of the molecule is Cc1cccc2ncnc(NC[C@@H]3OCCN(C)[C@H]3c3ccnn3C)c12. The van der Waals surface area contributed by atoms with Gasteiger partial charge in [0.1, 0.15) is 12.1 Å². The van der Waals surface area contributed by atoms with Gasteiger partial charge in [-0.05, 0) is 31.7 Å². The molecule has 3 aromatic rings. The van der Waals surface area contributed by atoms with E-state index in [0.717, 1.165) is 41.1 Å². The Hall–Kier alpha value is -2.51. The van der Waals surface area contributed by atoms with E-state index in [1.54, 1.807) is 6.33 Å². The summed E-state index contributed by atoms with van der Waals surface area (Å²) in [5, 5.41) is 8.89. The van der Waals surface area contributed by atoms with E-state index in [4.69, 9.17) is 4.74 Å². The third kappa shape index (κ3) is 3.04. The van der Waals surface area contributed by atoms with Crippen LogP contribution >= 0.6 is 0 Å². The van der Waals surface area contributed by atoms with E-state index in [1.165, 1.54) is 0 Å². The maximum atomic E-state index is 6.12. The molecule has 0 aliphatic carbocycles. The van der Waals surface area contributed by atoms with E-state index in [9.17, 15) is 0 Å². The molecule has 7 heteroatoms. The summed E-state index contributed by atoms with van der Waals surface area (Å²) in [5.41, 5.74) is 3.27. The molecule has 4 rings (SSSR count). The first-order chi connectivity index (χ1) is 12.6. The van der Waals surface area contributed by atoms with Crippen molar-refractivity contribution >= 4 is 16.7 Å². The Morgan fingerprint density at radius 2 is 2.12 bits per heavy atom. The molecule has 7 nitrogen and oxygen atoms in total. The number of likely N-dealkylation sites (N-methyl/N-ethyl adjacent to an activating group) is 1. The van der Waals surface area contributed by atoms with Gasteiger partial charge in [0.05, 0.1) is 30.0 Å². The number of aryl methyl sites for hydroxylation is 2. The zero-order chi connectivity index (χ0) is 18.1. The molecule has 1 aliphatic rings. The van der Waals surface area contributed by atoms with Crippen LogP contribution in [0.1, 0.15) is 17.3 Å². The standard InChI is InChI=1S/C19H24N6O/c1-13-5-4-6-14-17(13)19(22-12-21-14)20-11-16-18(24(2)9-10-26-16)15-7-8-23-25(15)3/h4-8,12,16,18H,9-11H2,1-3H3,(H,20,21,22)/t16-,18-/m0/s1. The molecule has 0 unspecified atom stereocenters. The lowest BCUT2D eigenvalue weighted by Gasteiger charge is -2.39. The van der Waals surface area contributed by atoms with Crippen molar-refractivity contribution in [1.82, 2.24) is 24.6 Å². The van der Waals surface area contributed by atoms with E-state index >= 15 is 0 Å². The van der Waals surface area contributed by atoms with Crippen LogP contribution in [-0.4, -0.2) is 57.5 Å². The first-order valence-corrected chi connectivity index (χ1v) is 8.89. The highest BCUT2D eigenvalue weighted by Gasteiger charge is 2.33. The van der Waals surface area contributed by atoms with Gasteiger partial charge in [-0.3, -0.25) is 9.58 Å². The average molecular weight is 352 g/mol. The van der Waals surface area contributed by atoms with E-state index < -0.39 is 0 Å². The largest absolute Gasteiger partial charge is 0.373 e. The Morgan fingerprint density at radius 3 is 2.92 bits per heavy atom. The molecule has 1 saturated heterocycles. The molecule has 0 amide bonds. The quantitative estimate of drug-likeness (QED) is 0.776. The lowest BCUT2D eigenvalue weighted by molar-refractivity contribution is -0.0581. The number of morpholine rings is 1. The Labute approximate surface area is 153 Å². The molecule has 0 radical (unpaired) electrons. The van der Waals surface area contributed by atoms with E-state index in [0.29, 0.717) is 6.54 Å². The monoisotopic (exact) mass is 352 g/mol. The summed E-state index contributed by atoms with van der Waals surface area (Å²) < 4.78 is 8.04. The number of fused-ring (bicyclic) bond motifs is 1. The summed E-state index contributed by atoms with van der Waals surface area (Å²) in [5.74, 6) is 0.855. The lowest BCUT2D eigenvalue weighted by Crippen LogP contribution is -2.46. The second-order valence-corrected chi connectivity index (χ2v) is 6.79. The minimum absolute atomic E-state index is 0.0122. The van der Waals surface area contributed by atoms with E-state index in [1.807, 2.05) is 30.1 Å². The molecule has 0 spiro atoms. The van der Waals surface area contributed by atoms with Crippen LogP contribution in [0.5, 0.6) is 0 Å². The molecule has 1 aliphatic heterocycles. The van der Waals surface area contributed by atoms with Gasteiger partial charge in [0.15, 0.2) is 0 Å². The Morgan fingerprint density at radius 1 is 1.23 bits per heavy atom. The second kappa shape index (κ2) is 7.01. The Kier molecular flexibility index (Phi) is 4.57. The van der Waals surface area contributed by atoms with Crippen molar-refractivity contribution in [2.75, 3.05) is 32.1 Å². The average Bonchev–Trinajstić information content (AvgIpc) is 3.05. The van der Waals surface area contributed by atoms with Crippen molar-refractivity contribution < 1.29 is 4.74 Å². The minimum Gasteiger partial charge on any atom is -0.373 e. The summed E-state index contributed by atoms with van der Waals surface area (Å²) in [6, 6.07) is 8.33. The van der Waals surface area contributed by atoms with Crippen LogP contribution in [0.25, 0.3) is 10.9 Å². The van der Waals surface area contributed by atoms with Gasteiger partial charge in [0.2, 0.25) is 0 Å². The molecule has 3 heterocycles. The van der Waals surface area contributed by atoms with Crippen molar-refractivity contribution in [2.45, 2.75) is 19.1 Å². The highest BCUT2D eigenvalue weighted by molar-refractivity contribution is 5.91. The predicted octanol–water partition coefficient (Wildman–Crippen LogP) is 2.16. The van der Waals surface area contributed by atoms with Crippen LogP contribution in [0.2, 0.25) is 0 Å². The number of hydrogen-bond acceptors (Lipinski definition) is 6. The number of nitrogens with one attached hydrogen (secondary N) is 1. The third-order valence-corrected chi connectivity index (χ3v) is 5.11. The molecule has 2 aromatic heterocycles. The van der Waals surface area contributed by atoms with Crippen LogP contribution < -0.4 is 5.32 Å². The fraction of sp³-hybridized carbons (Fsp3) is 0.421. The minimum atomic E-state index is 0.0122. The zero-order valence-electron chi connectivity index (χ0n) is 15.4. The molecular weight excluding hydrogens is 328 g/mol. The van der Waals surface area contributed by atoms with Gasteiger partial charge >= 0.3 is 0 Å². The Balaban J connectivity index is 1.60. The first-order valence-electron chi connectivity index (χ1n) is 8.89. The summed E-state index contributed by atoms with van der Waals surface area (Å²) in [7, 11) is 4.11. The lowest BCUT2D eigenvalue weighted by atomic mass is 10.0. The van der Waals surface area contributed by atoms with Crippen molar-refractivity contribution in [3.8, 4) is 0 Å². The van der Waals surface area contributed by atoms with Crippen molar-refractivity contribution in [3.63, 3.8) is 0 Å². The zero-order valence-corrected chi connectivity index (χ0v) is 15.4. The highest BCUT2D eigenvalue weighted by atomic mass is 16.5. The summed E-state index contributed by atoms with van der Waals surface area (Å²) in [4.78, 5) is 11.2. The van der Waals surface area contributed by atoms with Gasteiger partial charge < -0.3 is 10.1 Å². The molecule has 0 bridgehead atoms. The van der Waals surface area contributed by atoms with E-state index in [2.05, 4.69) is 51.4 Å². The van der Waals surface area contributed by atoms with Gasteiger partial charge in [0, 0.05) is 31.7 Å². The maximum absolute atomic E-state index is 6.12. The van der Waals surface area contributed by atoms with Crippen molar-refractivity contribution in [2.24, 2.45) is 7.05 Å². The van der Waals surface area contributed by atoms with Gasteiger partial charge in [-0.1, -0.05) is 12.1 Å². The number of benzene rings is 1. The number of ether oxygens (including phenoxy) is 1. The van der Waals surface area contributed by atoms with Gasteiger partial charge in [0.25, 0.3) is 0 Å². The molecule has 2 atom stereocenters. The van der Waals surface area contributed by atoms with E-state index in [-0.39, 0.29) is 12.1 Å².